The quantitative estimate of drug-likeness (QED) is 0.743. The molecular formula is C17H20N6. The molecule has 6 nitrogen and oxygen atoms in total. The number of anilines is 1. The molecule has 4 heterocycles. The van der Waals surface area contributed by atoms with Crippen molar-refractivity contribution in [1.29, 1.82) is 0 Å². The van der Waals surface area contributed by atoms with Crippen molar-refractivity contribution in [3.05, 3.63) is 47.5 Å². The number of rotatable bonds is 3. The molecule has 1 aliphatic rings. The predicted molar refractivity (Wildman–Crippen MR) is 88.7 cm³/mol. The van der Waals surface area contributed by atoms with Crippen LogP contribution in [0.1, 0.15) is 36.3 Å². The van der Waals surface area contributed by atoms with Crippen molar-refractivity contribution in [2.75, 3.05) is 18.0 Å². The Hall–Kier alpha value is -2.50. The van der Waals surface area contributed by atoms with Crippen molar-refractivity contribution >= 4 is 11.5 Å². The molecule has 1 aliphatic heterocycles. The van der Waals surface area contributed by atoms with Crippen LogP contribution < -0.4 is 4.90 Å². The number of fused-ring (bicyclic) bond motifs is 1. The largest absolute Gasteiger partial charge is 0.354 e. The lowest BCUT2D eigenvalue weighted by Crippen LogP contribution is -2.21. The van der Waals surface area contributed by atoms with Gasteiger partial charge in [0, 0.05) is 37.3 Å². The Morgan fingerprint density at radius 3 is 2.96 bits per heavy atom. The summed E-state index contributed by atoms with van der Waals surface area (Å²) in [6.07, 6.45) is 3.83. The smallest absolute Gasteiger partial charge is 0.178 e. The molecule has 0 saturated carbocycles. The van der Waals surface area contributed by atoms with Gasteiger partial charge in [-0.1, -0.05) is 13.0 Å². The third kappa shape index (κ3) is 2.44. The fraction of sp³-hybridized carbons (Fsp3) is 0.412. The summed E-state index contributed by atoms with van der Waals surface area (Å²) in [6.45, 7) is 6.17. The molecular weight excluding hydrogens is 288 g/mol. The third-order valence-electron chi connectivity index (χ3n) is 4.58. The van der Waals surface area contributed by atoms with Crippen molar-refractivity contribution < 1.29 is 0 Å². The zero-order valence-electron chi connectivity index (χ0n) is 13.5. The van der Waals surface area contributed by atoms with Crippen LogP contribution >= 0.6 is 0 Å². The fourth-order valence-electron chi connectivity index (χ4n) is 3.33. The second-order valence-corrected chi connectivity index (χ2v) is 6.07. The predicted octanol–water partition coefficient (Wildman–Crippen LogP) is 2.38. The summed E-state index contributed by atoms with van der Waals surface area (Å²) < 4.78 is 1.86. The first-order valence-corrected chi connectivity index (χ1v) is 8.14. The Bertz CT molecular complexity index is 840. The molecule has 3 aromatic heterocycles. The number of nitrogens with zero attached hydrogens (tertiary/aromatic N) is 6. The Kier molecular flexibility index (Phi) is 3.44. The van der Waals surface area contributed by atoms with E-state index in [0.29, 0.717) is 5.92 Å². The number of hydrogen-bond acceptors (Lipinski definition) is 5. The van der Waals surface area contributed by atoms with Gasteiger partial charge in [-0.3, -0.25) is 4.98 Å². The van der Waals surface area contributed by atoms with E-state index in [9.17, 15) is 0 Å². The van der Waals surface area contributed by atoms with Crippen LogP contribution in [0.25, 0.3) is 5.65 Å². The van der Waals surface area contributed by atoms with Gasteiger partial charge in [-0.25, -0.2) is 0 Å². The zero-order valence-corrected chi connectivity index (χ0v) is 13.5. The van der Waals surface area contributed by atoms with Gasteiger partial charge >= 0.3 is 0 Å². The summed E-state index contributed by atoms with van der Waals surface area (Å²) in [6, 6.07) is 8.17. The van der Waals surface area contributed by atoms with Gasteiger partial charge in [0.15, 0.2) is 11.5 Å². The van der Waals surface area contributed by atoms with E-state index in [4.69, 9.17) is 5.10 Å². The second kappa shape index (κ2) is 5.61. The molecule has 0 aromatic carbocycles. The summed E-state index contributed by atoms with van der Waals surface area (Å²) >= 11 is 0. The van der Waals surface area contributed by atoms with E-state index < -0.39 is 0 Å². The lowest BCUT2D eigenvalue weighted by molar-refractivity contribution is 0.734. The van der Waals surface area contributed by atoms with Crippen LogP contribution in [0.3, 0.4) is 0 Å². The van der Waals surface area contributed by atoms with Crippen molar-refractivity contribution in [2.24, 2.45) is 0 Å². The molecule has 4 rings (SSSR count). The van der Waals surface area contributed by atoms with Crippen LogP contribution in [0.15, 0.2) is 30.5 Å². The topological polar surface area (TPSA) is 59.2 Å². The summed E-state index contributed by atoms with van der Waals surface area (Å²) in [5.74, 6) is 2.36. The van der Waals surface area contributed by atoms with Crippen molar-refractivity contribution in [1.82, 2.24) is 24.8 Å². The number of aryl methyl sites for hydroxylation is 2. The minimum Gasteiger partial charge on any atom is -0.354 e. The van der Waals surface area contributed by atoms with Crippen LogP contribution in [0.2, 0.25) is 0 Å². The van der Waals surface area contributed by atoms with Gasteiger partial charge < -0.3 is 4.90 Å². The van der Waals surface area contributed by atoms with Gasteiger partial charge in [0.25, 0.3) is 0 Å². The molecule has 0 bridgehead atoms. The number of pyridine rings is 1. The van der Waals surface area contributed by atoms with Crippen LogP contribution in [-0.2, 0) is 6.42 Å². The SMILES string of the molecule is CCc1nnc2ccc(N3CCC(c4ncccc4C)C3)nn12. The van der Waals surface area contributed by atoms with Gasteiger partial charge in [0.1, 0.15) is 5.82 Å². The number of hydrogen-bond donors (Lipinski definition) is 0. The number of aromatic nitrogens is 5. The minimum absolute atomic E-state index is 0.472. The monoisotopic (exact) mass is 308 g/mol. The lowest BCUT2D eigenvalue weighted by atomic mass is 10.0. The highest BCUT2D eigenvalue weighted by Gasteiger charge is 2.27. The van der Waals surface area contributed by atoms with Gasteiger partial charge in [-0.15, -0.1) is 15.3 Å². The summed E-state index contributed by atoms with van der Waals surface area (Å²) in [5.41, 5.74) is 3.30. The second-order valence-electron chi connectivity index (χ2n) is 6.07. The van der Waals surface area contributed by atoms with E-state index in [1.165, 1.54) is 11.3 Å². The van der Waals surface area contributed by atoms with Crippen LogP contribution in [-0.4, -0.2) is 37.9 Å². The molecule has 0 radical (unpaired) electrons. The first-order valence-electron chi connectivity index (χ1n) is 8.14. The normalized spacial score (nSPS) is 18.0. The molecule has 0 spiro atoms. The van der Waals surface area contributed by atoms with Crippen LogP contribution in [0, 0.1) is 6.92 Å². The first kappa shape index (κ1) is 14.1. The summed E-state index contributed by atoms with van der Waals surface area (Å²) in [4.78, 5) is 6.92. The third-order valence-corrected chi connectivity index (χ3v) is 4.58. The minimum atomic E-state index is 0.472. The van der Waals surface area contributed by atoms with Crippen molar-refractivity contribution in [3.63, 3.8) is 0 Å². The lowest BCUT2D eigenvalue weighted by Gasteiger charge is -2.18. The van der Waals surface area contributed by atoms with E-state index >= 15 is 0 Å². The molecule has 3 aromatic rings. The Morgan fingerprint density at radius 1 is 1.22 bits per heavy atom. The maximum Gasteiger partial charge on any atom is 0.178 e. The van der Waals surface area contributed by atoms with Crippen molar-refractivity contribution in [3.8, 4) is 0 Å². The maximum absolute atomic E-state index is 4.74. The highest BCUT2D eigenvalue weighted by molar-refractivity contribution is 5.47. The van der Waals surface area contributed by atoms with E-state index in [2.05, 4.69) is 40.0 Å². The molecule has 118 valence electrons. The van der Waals surface area contributed by atoms with Gasteiger partial charge in [0.05, 0.1) is 0 Å². The molecule has 0 N–H and O–H groups in total. The molecule has 1 saturated heterocycles. The standard InChI is InChI=1S/C17H20N6/c1-3-14-19-20-15-6-7-16(21-23(14)15)22-10-8-13(11-22)17-12(2)5-4-9-18-17/h4-7,9,13H,3,8,10-11H2,1-2H3. The first-order chi connectivity index (χ1) is 11.3. The Morgan fingerprint density at radius 2 is 2.13 bits per heavy atom. The van der Waals surface area contributed by atoms with E-state index in [0.717, 1.165) is 43.2 Å². The average molecular weight is 308 g/mol. The Balaban J connectivity index is 1.61. The zero-order chi connectivity index (χ0) is 15.8. The maximum atomic E-state index is 4.74. The molecule has 23 heavy (non-hydrogen) atoms. The Labute approximate surface area is 135 Å². The highest BCUT2D eigenvalue weighted by Crippen LogP contribution is 2.30. The van der Waals surface area contributed by atoms with E-state index in [-0.39, 0.29) is 0 Å². The van der Waals surface area contributed by atoms with Gasteiger partial charge in [-0.05, 0) is 37.1 Å². The molecule has 0 aliphatic carbocycles. The summed E-state index contributed by atoms with van der Waals surface area (Å²) in [7, 11) is 0. The van der Waals surface area contributed by atoms with Gasteiger partial charge in [0.2, 0.25) is 0 Å². The molecule has 1 unspecified atom stereocenters. The molecule has 0 amide bonds. The van der Waals surface area contributed by atoms with E-state index in [1.807, 2.05) is 28.9 Å². The average Bonchev–Trinajstić information content (AvgIpc) is 3.21. The fourth-order valence-corrected chi connectivity index (χ4v) is 3.33. The molecule has 1 fully saturated rings. The van der Waals surface area contributed by atoms with E-state index in [1.54, 1.807) is 0 Å². The van der Waals surface area contributed by atoms with Crippen LogP contribution in [0.5, 0.6) is 0 Å². The highest BCUT2D eigenvalue weighted by atomic mass is 15.4. The molecule has 1 atom stereocenters. The molecule has 6 heteroatoms. The van der Waals surface area contributed by atoms with Gasteiger partial charge in [-0.2, -0.15) is 4.52 Å². The van der Waals surface area contributed by atoms with Crippen molar-refractivity contribution in [2.45, 2.75) is 32.6 Å². The summed E-state index contributed by atoms with van der Waals surface area (Å²) in [5, 5.41) is 13.1. The van der Waals surface area contributed by atoms with Crippen LogP contribution in [0.4, 0.5) is 5.82 Å².